The standard InChI is InChI=1S/C11H13NO3S/c1-8-2-4-12-6-10(8)11(13)9-3-5-16(14,15)7-9/h2,4,6,9H,3,5,7H2,1H3. The van der Waals surface area contributed by atoms with Crippen molar-refractivity contribution >= 4 is 15.6 Å². The van der Waals surface area contributed by atoms with Gasteiger partial charge in [0.25, 0.3) is 0 Å². The summed E-state index contributed by atoms with van der Waals surface area (Å²) >= 11 is 0. The summed E-state index contributed by atoms with van der Waals surface area (Å²) in [6.07, 6.45) is 3.58. The van der Waals surface area contributed by atoms with Crippen LogP contribution in [0.15, 0.2) is 18.5 Å². The fraction of sp³-hybridized carbons (Fsp3) is 0.455. The third-order valence-corrected chi connectivity index (χ3v) is 4.68. The van der Waals surface area contributed by atoms with Gasteiger partial charge in [-0.15, -0.1) is 0 Å². The molecule has 0 aliphatic carbocycles. The maximum absolute atomic E-state index is 12.1. The molecule has 0 spiro atoms. The minimum Gasteiger partial charge on any atom is -0.294 e. The number of aromatic nitrogens is 1. The quantitative estimate of drug-likeness (QED) is 0.722. The van der Waals surface area contributed by atoms with Gasteiger partial charge in [-0.25, -0.2) is 8.42 Å². The molecule has 0 amide bonds. The maximum atomic E-state index is 12.1. The van der Waals surface area contributed by atoms with Gasteiger partial charge in [0.2, 0.25) is 0 Å². The molecule has 5 heteroatoms. The molecule has 1 fully saturated rings. The number of hydrogen-bond donors (Lipinski definition) is 0. The van der Waals surface area contributed by atoms with Crippen LogP contribution in [0.5, 0.6) is 0 Å². The molecule has 1 saturated heterocycles. The molecule has 0 radical (unpaired) electrons. The lowest BCUT2D eigenvalue weighted by atomic mass is 9.96. The van der Waals surface area contributed by atoms with Gasteiger partial charge in [-0.05, 0) is 25.0 Å². The lowest BCUT2D eigenvalue weighted by Crippen LogP contribution is -2.17. The number of carbonyl (C=O) groups excluding carboxylic acids is 1. The molecule has 0 aromatic carbocycles. The van der Waals surface area contributed by atoms with Gasteiger partial charge >= 0.3 is 0 Å². The lowest BCUT2D eigenvalue weighted by molar-refractivity contribution is 0.0932. The Balaban J connectivity index is 2.25. The Morgan fingerprint density at radius 3 is 2.81 bits per heavy atom. The highest BCUT2D eigenvalue weighted by Crippen LogP contribution is 2.23. The number of rotatable bonds is 2. The van der Waals surface area contributed by atoms with Gasteiger partial charge in [-0.2, -0.15) is 0 Å². The van der Waals surface area contributed by atoms with E-state index in [2.05, 4.69) is 4.98 Å². The number of nitrogens with zero attached hydrogens (tertiary/aromatic N) is 1. The summed E-state index contributed by atoms with van der Waals surface area (Å²) < 4.78 is 22.6. The summed E-state index contributed by atoms with van der Waals surface area (Å²) in [6, 6.07) is 1.76. The van der Waals surface area contributed by atoms with Crippen LogP contribution in [0.25, 0.3) is 0 Å². The molecule has 1 aromatic heterocycles. The van der Waals surface area contributed by atoms with E-state index in [0.717, 1.165) is 5.56 Å². The summed E-state index contributed by atoms with van der Waals surface area (Å²) in [5.41, 5.74) is 1.40. The van der Waals surface area contributed by atoms with Crippen LogP contribution in [0.1, 0.15) is 22.3 Å². The lowest BCUT2D eigenvalue weighted by Gasteiger charge is -2.08. The van der Waals surface area contributed by atoms with E-state index in [1.807, 2.05) is 6.92 Å². The second-order valence-electron chi connectivity index (χ2n) is 4.15. The smallest absolute Gasteiger partial charge is 0.168 e. The molecule has 2 rings (SSSR count). The van der Waals surface area contributed by atoms with Crippen LogP contribution in [-0.2, 0) is 9.84 Å². The first-order chi connectivity index (χ1) is 7.49. The van der Waals surface area contributed by atoms with Gasteiger partial charge in [-0.3, -0.25) is 9.78 Å². The maximum Gasteiger partial charge on any atom is 0.168 e. The summed E-state index contributed by atoms with van der Waals surface area (Å²) in [4.78, 5) is 16.0. The number of pyridine rings is 1. The molecule has 0 N–H and O–H groups in total. The fourth-order valence-corrected chi connectivity index (χ4v) is 3.69. The van der Waals surface area contributed by atoms with Crippen molar-refractivity contribution in [3.63, 3.8) is 0 Å². The van der Waals surface area contributed by atoms with Crippen molar-refractivity contribution in [2.45, 2.75) is 13.3 Å². The van der Waals surface area contributed by atoms with Crippen molar-refractivity contribution in [2.75, 3.05) is 11.5 Å². The second kappa shape index (κ2) is 3.97. The van der Waals surface area contributed by atoms with Crippen LogP contribution in [0.3, 0.4) is 0 Å². The number of aryl methyl sites for hydroxylation is 1. The van der Waals surface area contributed by atoms with Gasteiger partial charge in [0.15, 0.2) is 15.6 Å². The zero-order chi connectivity index (χ0) is 11.8. The van der Waals surface area contributed by atoms with Crippen LogP contribution in [0.2, 0.25) is 0 Å². The highest BCUT2D eigenvalue weighted by atomic mass is 32.2. The second-order valence-corrected chi connectivity index (χ2v) is 6.38. The predicted octanol–water partition coefficient (Wildman–Crippen LogP) is 1.01. The van der Waals surface area contributed by atoms with Gasteiger partial charge in [-0.1, -0.05) is 0 Å². The zero-order valence-electron chi connectivity index (χ0n) is 9.01. The Bertz CT molecular complexity index is 522. The van der Waals surface area contributed by atoms with E-state index < -0.39 is 9.84 Å². The number of Topliss-reactive ketones (excluding diaryl/α,β-unsaturated/α-hetero) is 1. The van der Waals surface area contributed by atoms with E-state index in [-0.39, 0.29) is 23.2 Å². The van der Waals surface area contributed by atoms with Gasteiger partial charge in [0, 0.05) is 23.9 Å². The molecule has 86 valence electrons. The molecule has 1 atom stereocenters. The minimum absolute atomic E-state index is 0.0137. The summed E-state index contributed by atoms with van der Waals surface area (Å²) in [7, 11) is -3.00. The van der Waals surface area contributed by atoms with E-state index in [9.17, 15) is 13.2 Å². The molecule has 0 bridgehead atoms. The molecule has 4 nitrogen and oxygen atoms in total. The van der Waals surface area contributed by atoms with E-state index in [0.29, 0.717) is 12.0 Å². The first-order valence-electron chi connectivity index (χ1n) is 5.15. The van der Waals surface area contributed by atoms with E-state index in [4.69, 9.17) is 0 Å². The monoisotopic (exact) mass is 239 g/mol. The largest absolute Gasteiger partial charge is 0.294 e. The minimum atomic E-state index is -3.00. The van der Waals surface area contributed by atoms with E-state index >= 15 is 0 Å². The first-order valence-corrected chi connectivity index (χ1v) is 6.97. The predicted molar refractivity (Wildman–Crippen MR) is 60.1 cm³/mol. The molecular weight excluding hydrogens is 226 g/mol. The summed E-state index contributed by atoms with van der Waals surface area (Å²) in [6.45, 7) is 1.83. The molecule has 1 unspecified atom stereocenters. The topological polar surface area (TPSA) is 64.1 Å². The molecule has 1 aliphatic rings. The van der Waals surface area contributed by atoms with Crippen LogP contribution in [0, 0.1) is 12.8 Å². The molecule has 16 heavy (non-hydrogen) atoms. The van der Waals surface area contributed by atoms with E-state index in [1.165, 1.54) is 6.20 Å². The van der Waals surface area contributed by atoms with Crippen molar-refractivity contribution in [3.05, 3.63) is 29.6 Å². The van der Waals surface area contributed by atoms with Crippen molar-refractivity contribution in [3.8, 4) is 0 Å². The van der Waals surface area contributed by atoms with Crippen LogP contribution >= 0.6 is 0 Å². The van der Waals surface area contributed by atoms with Crippen molar-refractivity contribution < 1.29 is 13.2 Å². The Hall–Kier alpha value is -1.23. The van der Waals surface area contributed by atoms with E-state index in [1.54, 1.807) is 12.3 Å². The van der Waals surface area contributed by atoms with Crippen LogP contribution in [0.4, 0.5) is 0 Å². The number of sulfone groups is 1. The molecule has 0 saturated carbocycles. The van der Waals surface area contributed by atoms with Crippen molar-refractivity contribution in [2.24, 2.45) is 5.92 Å². The number of hydrogen-bond acceptors (Lipinski definition) is 4. The third-order valence-electron chi connectivity index (χ3n) is 2.91. The number of carbonyl (C=O) groups is 1. The highest BCUT2D eigenvalue weighted by molar-refractivity contribution is 7.91. The Kier molecular flexibility index (Phi) is 2.80. The normalized spacial score (nSPS) is 23.2. The fourth-order valence-electron chi connectivity index (χ4n) is 1.94. The molecule has 1 aromatic rings. The van der Waals surface area contributed by atoms with Crippen LogP contribution in [-0.4, -0.2) is 30.7 Å². The van der Waals surface area contributed by atoms with Crippen LogP contribution < -0.4 is 0 Å². The Morgan fingerprint density at radius 1 is 1.50 bits per heavy atom. The molecule has 1 aliphatic heterocycles. The van der Waals surface area contributed by atoms with Gasteiger partial charge < -0.3 is 0 Å². The average molecular weight is 239 g/mol. The molecule has 2 heterocycles. The van der Waals surface area contributed by atoms with Gasteiger partial charge in [0.1, 0.15) is 0 Å². The highest BCUT2D eigenvalue weighted by Gasteiger charge is 2.33. The Morgan fingerprint density at radius 2 is 2.25 bits per heavy atom. The summed E-state index contributed by atoms with van der Waals surface area (Å²) in [5.74, 6) is -0.359. The first kappa shape index (κ1) is 11.3. The number of ketones is 1. The Labute approximate surface area is 94.6 Å². The SMILES string of the molecule is Cc1ccncc1C(=O)C1CCS(=O)(=O)C1. The summed E-state index contributed by atoms with van der Waals surface area (Å²) in [5, 5.41) is 0. The van der Waals surface area contributed by atoms with Crippen molar-refractivity contribution in [1.29, 1.82) is 0 Å². The zero-order valence-corrected chi connectivity index (χ0v) is 9.83. The average Bonchev–Trinajstić information content (AvgIpc) is 2.59. The van der Waals surface area contributed by atoms with Gasteiger partial charge in [0.05, 0.1) is 11.5 Å². The van der Waals surface area contributed by atoms with Crippen molar-refractivity contribution in [1.82, 2.24) is 4.98 Å². The third kappa shape index (κ3) is 2.14. The molecular formula is C11H13NO3S.